The van der Waals surface area contributed by atoms with Crippen LogP contribution >= 0.6 is 15.9 Å². The Kier molecular flexibility index (Phi) is 9.91. The number of anilines is 1. The van der Waals surface area contributed by atoms with Gasteiger partial charge in [-0.15, -0.1) is 0 Å². The Balaban J connectivity index is 2.39. The summed E-state index contributed by atoms with van der Waals surface area (Å²) >= 11 is 3.34. The van der Waals surface area contributed by atoms with Gasteiger partial charge in [-0.25, -0.2) is 8.42 Å². The molecule has 2 aromatic rings. The molecule has 0 aliphatic carbocycles. The molecule has 180 valence electrons. The SMILES string of the molecule is CC[C@@H](C)NC(=O)[C@@H](CC)N(Cc1ccccc1)C(=O)CN(c1ccc(Br)cc1)S(C)(=O)=O. The van der Waals surface area contributed by atoms with Gasteiger partial charge < -0.3 is 10.2 Å². The van der Waals surface area contributed by atoms with E-state index in [1.54, 1.807) is 24.3 Å². The van der Waals surface area contributed by atoms with Crippen molar-refractivity contribution in [3.63, 3.8) is 0 Å². The minimum absolute atomic E-state index is 0.0319. The summed E-state index contributed by atoms with van der Waals surface area (Å²) < 4.78 is 27.0. The van der Waals surface area contributed by atoms with Crippen molar-refractivity contribution in [1.82, 2.24) is 10.2 Å². The Bertz CT molecular complexity index is 1030. The number of hydrogen-bond donors (Lipinski definition) is 1. The van der Waals surface area contributed by atoms with Crippen LogP contribution in [0.25, 0.3) is 0 Å². The van der Waals surface area contributed by atoms with E-state index in [0.29, 0.717) is 12.1 Å². The topological polar surface area (TPSA) is 86.8 Å². The van der Waals surface area contributed by atoms with E-state index >= 15 is 0 Å². The van der Waals surface area contributed by atoms with Crippen molar-refractivity contribution in [2.75, 3.05) is 17.1 Å². The zero-order chi connectivity index (χ0) is 24.6. The minimum atomic E-state index is -3.74. The van der Waals surface area contributed by atoms with Gasteiger partial charge in [0, 0.05) is 17.1 Å². The van der Waals surface area contributed by atoms with E-state index in [9.17, 15) is 18.0 Å². The monoisotopic (exact) mass is 537 g/mol. The molecule has 2 amide bonds. The number of carbonyl (C=O) groups excluding carboxylic acids is 2. The molecule has 0 heterocycles. The van der Waals surface area contributed by atoms with Gasteiger partial charge >= 0.3 is 0 Å². The molecule has 0 unspecified atom stereocenters. The van der Waals surface area contributed by atoms with E-state index in [0.717, 1.165) is 27.0 Å². The predicted octanol–water partition coefficient (Wildman–Crippen LogP) is 3.94. The van der Waals surface area contributed by atoms with Crippen molar-refractivity contribution in [2.24, 2.45) is 0 Å². The molecule has 33 heavy (non-hydrogen) atoms. The fourth-order valence-electron chi connectivity index (χ4n) is 3.36. The Labute approximate surface area is 205 Å². The number of amides is 2. The summed E-state index contributed by atoms with van der Waals surface area (Å²) in [6.45, 7) is 5.52. The van der Waals surface area contributed by atoms with Crippen molar-refractivity contribution in [1.29, 1.82) is 0 Å². The zero-order valence-corrected chi connectivity index (χ0v) is 21.9. The van der Waals surface area contributed by atoms with Crippen LogP contribution in [-0.2, 0) is 26.2 Å². The Morgan fingerprint density at radius 1 is 1.00 bits per heavy atom. The fourth-order valence-corrected chi connectivity index (χ4v) is 4.48. The molecule has 9 heteroatoms. The minimum Gasteiger partial charge on any atom is -0.352 e. The van der Waals surface area contributed by atoms with Crippen molar-refractivity contribution in [2.45, 2.75) is 52.2 Å². The third-order valence-corrected chi connectivity index (χ3v) is 7.05. The first kappa shape index (κ1) is 26.9. The van der Waals surface area contributed by atoms with E-state index in [1.165, 1.54) is 4.90 Å². The second-order valence-corrected chi connectivity index (χ2v) is 10.8. The van der Waals surface area contributed by atoms with Crippen LogP contribution < -0.4 is 9.62 Å². The number of halogens is 1. The maximum absolute atomic E-state index is 13.5. The summed E-state index contributed by atoms with van der Waals surface area (Å²) in [6.07, 6.45) is 2.23. The van der Waals surface area contributed by atoms with E-state index in [-0.39, 0.29) is 18.5 Å². The van der Waals surface area contributed by atoms with Crippen LogP contribution in [0.3, 0.4) is 0 Å². The smallest absolute Gasteiger partial charge is 0.244 e. The molecular formula is C24H32BrN3O4S. The Morgan fingerprint density at radius 2 is 1.61 bits per heavy atom. The number of nitrogens with zero attached hydrogens (tertiary/aromatic N) is 2. The number of nitrogens with one attached hydrogen (secondary N) is 1. The van der Waals surface area contributed by atoms with E-state index in [4.69, 9.17) is 0 Å². The van der Waals surface area contributed by atoms with Gasteiger partial charge in [0.25, 0.3) is 0 Å². The van der Waals surface area contributed by atoms with Gasteiger partial charge in [0.1, 0.15) is 12.6 Å². The molecule has 0 radical (unpaired) electrons. The molecule has 0 saturated heterocycles. The molecule has 2 rings (SSSR count). The highest BCUT2D eigenvalue weighted by molar-refractivity contribution is 9.10. The number of benzene rings is 2. The quantitative estimate of drug-likeness (QED) is 0.470. The fraction of sp³-hybridized carbons (Fsp3) is 0.417. The lowest BCUT2D eigenvalue weighted by Crippen LogP contribution is -2.53. The molecule has 0 aromatic heterocycles. The maximum Gasteiger partial charge on any atom is 0.244 e. The first-order valence-corrected chi connectivity index (χ1v) is 13.6. The van der Waals surface area contributed by atoms with Crippen molar-refractivity contribution in [3.8, 4) is 0 Å². The molecule has 0 saturated carbocycles. The molecule has 1 N–H and O–H groups in total. The lowest BCUT2D eigenvalue weighted by Gasteiger charge is -2.33. The lowest BCUT2D eigenvalue weighted by molar-refractivity contribution is -0.140. The van der Waals surface area contributed by atoms with Gasteiger partial charge in [0.15, 0.2) is 0 Å². The zero-order valence-electron chi connectivity index (χ0n) is 19.5. The van der Waals surface area contributed by atoms with Crippen LogP contribution in [-0.4, -0.2) is 50.0 Å². The van der Waals surface area contributed by atoms with Gasteiger partial charge in [-0.2, -0.15) is 0 Å². The average Bonchev–Trinajstić information content (AvgIpc) is 2.77. The number of sulfonamides is 1. The number of rotatable bonds is 11. The second-order valence-electron chi connectivity index (χ2n) is 8.00. The Morgan fingerprint density at radius 3 is 2.12 bits per heavy atom. The summed E-state index contributed by atoms with van der Waals surface area (Å²) in [5.74, 6) is -0.691. The van der Waals surface area contributed by atoms with Crippen LogP contribution in [0.4, 0.5) is 5.69 Å². The van der Waals surface area contributed by atoms with Crippen LogP contribution in [0.1, 0.15) is 39.2 Å². The largest absolute Gasteiger partial charge is 0.352 e. The molecule has 0 spiro atoms. The van der Waals surface area contributed by atoms with Gasteiger partial charge in [-0.1, -0.05) is 60.1 Å². The highest BCUT2D eigenvalue weighted by atomic mass is 79.9. The molecule has 7 nitrogen and oxygen atoms in total. The van der Waals surface area contributed by atoms with Gasteiger partial charge in [0.05, 0.1) is 11.9 Å². The molecule has 2 atom stereocenters. The van der Waals surface area contributed by atoms with Crippen LogP contribution in [0.2, 0.25) is 0 Å². The van der Waals surface area contributed by atoms with Gasteiger partial charge in [0.2, 0.25) is 21.8 Å². The van der Waals surface area contributed by atoms with Gasteiger partial charge in [-0.05, 0) is 49.6 Å². The third-order valence-electron chi connectivity index (χ3n) is 5.38. The maximum atomic E-state index is 13.5. The van der Waals surface area contributed by atoms with Crippen molar-refractivity contribution in [3.05, 3.63) is 64.6 Å². The molecule has 2 aromatic carbocycles. The number of carbonyl (C=O) groups is 2. The number of hydrogen-bond acceptors (Lipinski definition) is 4. The highest BCUT2D eigenvalue weighted by Crippen LogP contribution is 2.22. The average molecular weight is 539 g/mol. The predicted molar refractivity (Wildman–Crippen MR) is 135 cm³/mol. The first-order valence-electron chi connectivity index (χ1n) is 10.9. The summed E-state index contributed by atoms with van der Waals surface area (Å²) in [6, 6.07) is 15.3. The van der Waals surface area contributed by atoms with Crippen LogP contribution in [0, 0.1) is 0 Å². The van der Waals surface area contributed by atoms with E-state index in [1.807, 2.05) is 51.1 Å². The van der Waals surface area contributed by atoms with Crippen LogP contribution in [0.15, 0.2) is 59.1 Å². The molecule has 0 aliphatic rings. The first-order chi connectivity index (χ1) is 15.6. The van der Waals surface area contributed by atoms with Crippen molar-refractivity contribution < 1.29 is 18.0 Å². The standard InChI is InChI=1S/C24H32BrN3O4S/c1-5-18(3)26-24(30)22(6-2)27(16-19-10-8-7-9-11-19)23(29)17-28(33(4,31)32)21-14-12-20(25)13-15-21/h7-15,18,22H,5-6,16-17H2,1-4H3,(H,26,30)/t18-,22-/m1/s1. The van der Waals surface area contributed by atoms with E-state index < -0.39 is 28.5 Å². The van der Waals surface area contributed by atoms with Crippen molar-refractivity contribution >= 4 is 43.5 Å². The normalized spacial score (nSPS) is 13.1. The molecular weight excluding hydrogens is 506 g/mol. The third kappa shape index (κ3) is 7.85. The molecule has 0 fully saturated rings. The van der Waals surface area contributed by atoms with Gasteiger partial charge in [-0.3, -0.25) is 13.9 Å². The van der Waals surface area contributed by atoms with Crippen LogP contribution in [0.5, 0.6) is 0 Å². The summed E-state index contributed by atoms with van der Waals surface area (Å²) in [7, 11) is -3.74. The second kappa shape index (κ2) is 12.2. The summed E-state index contributed by atoms with van der Waals surface area (Å²) in [4.78, 5) is 28.0. The highest BCUT2D eigenvalue weighted by Gasteiger charge is 2.32. The summed E-state index contributed by atoms with van der Waals surface area (Å²) in [5, 5.41) is 2.95. The Hall–Kier alpha value is -2.39. The van der Waals surface area contributed by atoms with E-state index in [2.05, 4.69) is 21.2 Å². The molecule has 0 bridgehead atoms. The summed E-state index contributed by atoms with van der Waals surface area (Å²) in [5.41, 5.74) is 1.24. The lowest BCUT2D eigenvalue weighted by atomic mass is 10.1. The molecule has 0 aliphatic heterocycles.